The highest BCUT2D eigenvalue weighted by Gasteiger charge is 2.09. The lowest BCUT2D eigenvalue weighted by molar-refractivity contribution is 0.410. The molecule has 0 radical (unpaired) electrons. The van der Waals surface area contributed by atoms with Gasteiger partial charge in [-0.3, -0.25) is 0 Å². The van der Waals surface area contributed by atoms with Crippen LogP contribution in [0.2, 0.25) is 0 Å². The van der Waals surface area contributed by atoms with Gasteiger partial charge in [0.25, 0.3) is 0 Å². The zero-order valence-electron chi connectivity index (χ0n) is 11.2. The molecule has 0 fully saturated rings. The SMILES string of the molecule is COc1cc(F)cc(CN=C(N)NC(C)(C)C)c1. The number of benzene rings is 1. The van der Waals surface area contributed by atoms with Crippen molar-refractivity contribution in [3.63, 3.8) is 0 Å². The number of methoxy groups -OCH3 is 1. The molecule has 0 spiro atoms. The molecule has 0 amide bonds. The molecule has 0 unspecified atom stereocenters. The van der Waals surface area contributed by atoms with Crippen LogP contribution in [0.15, 0.2) is 23.2 Å². The average molecular weight is 253 g/mol. The van der Waals surface area contributed by atoms with Crippen LogP contribution in [0.25, 0.3) is 0 Å². The lowest BCUT2D eigenvalue weighted by Crippen LogP contribution is -2.44. The van der Waals surface area contributed by atoms with Crippen molar-refractivity contribution >= 4 is 5.96 Å². The lowest BCUT2D eigenvalue weighted by atomic mass is 10.1. The van der Waals surface area contributed by atoms with Crippen molar-refractivity contribution in [1.82, 2.24) is 5.32 Å². The molecule has 4 nitrogen and oxygen atoms in total. The van der Waals surface area contributed by atoms with Crippen molar-refractivity contribution in [3.05, 3.63) is 29.6 Å². The molecule has 0 heterocycles. The molecule has 0 aromatic heterocycles. The van der Waals surface area contributed by atoms with Crippen LogP contribution >= 0.6 is 0 Å². The van der Waals surface area contributed by atoms with E-state index in [1.165, 1.54) is 19.2 Å². The predicted octanol–water partition coefficient (Wildman–Crippen LogP) is 2.04. The van der Waals surface area contributed by atoms with Gasteiger partial charge in [0.1, 0.15) is 11.6 Å². The van der Waals surface area contributed by atoms with Gasteiger partial charge in [-0.1, -0.05) is 0 Å². The van der Waals surface area contributed by atoms with Crippen LogP contribution in [0.4, 0.5) is 4.39 Å². The maximum atomic E-state index is 13.2. The van der Waals surface area contributed by atoms with Crippen molar-refractivity contribution < 1.29 is 9.13 Å². The van der Waals surface area contributed by atoms with Crippen LogP contribution in [-0.2, 0) is 6.54 Å². The molecule has 1 aromatic rings. The van der Waals surface area contributed by atoms with Gasteiger partial charge in [-0.15, -0.1) is 0 Å². The number of nitrogens with two attached hydrogens (primary N) is 1. The molecule has 100 valence electrons. The fourth-order valence-electron chi connectivity index (χ4n) is 1.43. The van der Waals surface area contributed by atoms with Gasteiger partial charge in [-0.25, -0.2) is 9.38 Å². The van der Waals surface area contributed by atoms with E-state index in [4.69, 9.17) is 10.5 Å². The molecule has 0 aliphatic heterocycles. The number of halogens is 1. The van der Waals surface area contributed by atoms with Gasteiger partial charge in [-0.05, 0) is 38.5 Å². The van der Waals surface area contributed by atoms with E-state index in [0.29, 0.717) is 23.8 Å². The molecule has 5 heteroatoms. The lowest BCUT2D eigenvalue weighted by Gasteiger charge is -2.21. The maximum absolute atomic E-state index is 13.2. The Morgan fingerprint density at radius 2 is 2.06 bits per heavy atom. The van der Waals surface area contributed by atoms with Crippen LogP contribution in [0.1, 0.15) is 26.3 Å². The summed E-state index contributed by atoms with van der Waals surface area (Å²) >= 11 is 0. The molecule has 0 atom stereocenters. The van der Waals surface area contributed by atoms with Crippen LogP contribution in [0.3, 0.4) is 0 Å². The topological polar surface area (TPSA) is 59.6 Å². The van der Waals surface area contributed by atoms with Crippen molar-refractivity contribution in [1.29, 1.82) is 0 Å². The summed E-state index contributed by atoms with van der Waals surface area (Å²) < 4.78 is 18.2. The third-order valence-electron chi connectivity index (χ3n) is 2.10. The molecule has 0 saturated heterocycles. The molecule has 0 aliphatic carbocycles. The molecule has 0 aliphatic rings. The van der Waals surface area contributed by atoms with Gasteiger partial charge in [-0.2, -0.15) is 0 Å². The first-order chi connectivity index (χ1) is 8.30. The van der Waals surface area contributed by atoms with Crippen LogP contribution in [0.5, 0.6) is 5.75 Å². The largest absolute Gasteiger partial charge is 0.497 e. The number of aliphatic imine (C=N–C) groups is 1. The number of rotatable bonds is 3. The standard InChI is InChI=1S/C13H20FN3O/c1-13(2,3)17-12(15)16-8-9-5-10(14)7-11(6-9)18-4/h5-7H,8H2,1-4H3,(H3,15,16,17). The van der Waals surface area contributed by atoms with Crippen LogP contribution in [0, 0.1) is 5.82 Å². The molecular weight excluding hydrogens is 233 g/mol. The monoisotopic (exact) mass is 253 g/mol. The van der Waals surface area contributed by atoms with Gasteiger partial charge in [0.05, 0.1) is 13.7 Å². The molecule has 0 bridgehead atoms. The Bertz CT molecular complexity index is 438. The van der Waals surface area contributed by atoms with Gasteiger partial charge in [0, 0.05) is 11.6 Å². The summed E-state index contributed by atoms with van der Waals surface area (Å²) in [6.07, 6.45) is 0. The molecule has 0 saturated carbocycles. The number of ether oxygens (including phenoxy) is 1. The minimum absolute atomic E-state index is 0.146. The summed E-state index contributed by atoms with van der Waals surface area (Å²) in [6.45, 7) is 6.27. The van der Waals surface area contributed by atoms with Crippen LogP contribution in [-0.4, -0.2) is 18.6 Å². The van der Waals surface area contributed by atoms with Crippen LogP contribution < -0.4 is 15.8 Å². The number of hydrogen-bond acceptors (Lipinski definition) is 2. The fourth-order valence-corrected chi connectivity index (χ4v) is 1.43. The maximum Gasteiger partial charge on any atom is 0.189 e. The van der Waals surface area contributed by atoms with Crippen molar-refractivity contribution in [2.75, 3.05) is 7.11 Å². The smallest absolute Gasteiger partial charge is 0.189 e. The average Bonchev–Trinajstić information content (AvgIpc) is 2.23. The first kappa shape index (κ1) is 14.3. The number of nitrogens with zero attached hydrogens (tertiary/aromatic N) is 1. The van der Waals surface area contributed by atoms with E-state index in [1.807, 2.05) is 20.8 Å². The zero-order chi connectivity index (χ0) is 13.8. The van der Waals surface area contributed by atoms with Crippen molar-refractivity contribution in [2.45, 2.75) is 32.9 Å². The Hall–Kier alpha value is -1.78. The van der Waals surface area contributed by atoms with Gasteiger partial charge in [0.15, 0.2) is 5.96 Å². The van der Waals surface area contributed by atoms with E-state index in [-0.39, 0.29) is 11.4 Å². The van der Waals surface area contributed by atoms with E-state index in [0.717, 1.165) is 0 Å². The van der Waals surface area contributed by atoms with Gasteiger partial charge in [0.2, 0.25) is 0 Å². The number of nitrogens with one attached hydrogen (secondary N) is 1. The van der Waals surface area contributed by atoms with E-state index in [9.17, 15) is 4.39 Å². The minimum Gasteiger partial charge on any atom is -0.497 e. The fraction of sp³-hybridized carbons (Fsp3) is 0.462. The summed E-state index contributed by atoms with van der Waals surface area (Å²) in [5.41, 5.74) is 6.30. The Morgan fingerprint density at radius 1 is 1.39 bits per heavy atom. The van der Waals surface area contributed by atoms with E-state index in [2.05, 4.69) is 10.3 Å². The summed E-state index contributed by atoms with van der Waals surface area (Å²) in [6, 6.07) is 4.47. The van der Waals surface area contributed by atoms with Gasteiger partial charge < -0.3 is 15.8 Å². The highest BCUT2D eigenvalue weighted by atomic mass is 19.1. The van der Waals surface area contributed by atoms with E-state index < -0.39 is 0 Å². The second-order valence-electron chi connectivity index (χ2n) is 5.08. The second kappa shape index (κ2) is 5.71. The Kier molecular flexibility index (Phi) is 4.53. The Balaban J connectivity index is 2.73. The van der Waals surface area contributed by atoms with E-state index >= 15 is 0 Å². The third kappa shape index (κ3) is 5.03. The highest BCUT2D eigenvalue weighted by Crippen LogP contribution is 2.16. The highest BCUT2D eigenvalue weighted by molar-refractivity contribution is 5.78. The van der Waals surface area contributed by atoms with Gasteiger partial charge >= 0.3 is 0 Å². The Morgan fingerprint density at radius 3 is 2.61 bits per heavy atom. The zero-order valence-corrected chi connectivity index (χ0v) is 11.2. The summed E-state index contributed by atoms with van der Waals surface area (Å²) in [4.78, 5) is 4.16. The summed E-state index contributed by atoms with van der Waals surface area (Å²) in [7, 11) is 1.50. The third-order valence-corrected chi connectivity index (χ3v) is 2.10. The first-order valence-electron chi connectivity index (χ1n) is 5.72. The Labute approximate surface area is 107 Å². The summed E-state index contributed by atoms with van der Waals surface area (Å²) in [5.74, 6) is 0.468. The molecular formula is C13H20FN3O. The molecule has 1 aromatic carbocycles. The summed E-state index contributed by atoms with van der Waals surface area (Å²) in [5, 5.41) is 3.04. The molecule has 3 N–H and O–H groups in total. The second-order valence-corrected chi connectivity index (χ2v) is 5.08. The minimum atomic E-state index is -0.345. The predicted molar refractivity (Wildman–Crippen MR) is 71.2 cm³/mol. The normalized spacial score (nSPS) is 12.4. The van der Waals surface area contributed by atoms with Crippen molar-refractivity contribution in [3.8, 4) is 5.75 Å². The number of hydrogen-bond donors (Lipinski definition) is 2. The first-order valence-corrected chi connectivity index (χ1v) is 5.72. The van der Waals surface area contributed by atoms with Crippen molar-refractivity contribution in [2.24, 2.45) is 10.7 Å². The molecule has 1 rings (SSSR count). The van der Waals surface area contributed by atoms with E-state index in [1.54, 1.807) is 6.07 Å². The quantitative estimate of drug-likeness (QED) is 0.640. The number of guanidine groups is 1. The molecule has 18 heavy (non-hydrogen) atoms.